The first-order valence-corrected chi connectivity index (χ1v) is 7.09. The number of unbranched alkanes of at least 4 members (excludes halogenated alkanes) is 3. The molecule has 100 valence electrons. The van der Waals surface area contributed by atoms with Gasteiger partial charge in [0.2, 0.25) is 5.91 Å². The number of carbonyl (C=O) groups is 1. The molecule has 3 heteroatoms. The first kappa shape index (κ1) is 14.5. The highest BCUT2D eigenvalue weighted by molar-refractivity contribution is 5.76. The Morgan fingerprint density at radius 3 is 2.76 bits per heavy atom. The molecule has 0 aromatic heterocycles. The van der Waals surface area contributed by atoms with E-state index in [0.29, 0.717) is 18.9 Å². The van der Waals surface area contributed by atoms with Crippen LogP contribution in [0.5, 0.6) is 0 Å². The van der Waals surface area contributed by atoms with Gasteiger partial charge in [0.25, 0.3) is 0 Å². The third kappa shape index (κ3) is 5.53. The summed E-state index contributed by atoms with van der Waals surface area (Å²) in [6.45, 7) is 5.66. The zero-order valence-corrected chi connectivity index (χ0v) is 11.3. The normalized spacial score (nSPS) is 21.8. The Labute approximate surface area is 105 Å². The van der Waals surface area contributed by atoms with E-state index in [9.17, 15) is 9.90 Å². The molecule has 0 saturated carbocycles. The SMILES string of the molecule is CCCCCCC(C)CC(=O)N1CC[C@@H](O)C1. The summed E-state index contributed by atoms with van der Waals surface area (Å²) in [6.07, 6.45) is 7.36. The van der Waals surface area contributed by atoms with Crippen LogP contribution in [0, 0.1) is 5.92 Å². The summed E-state index contributed by atoms with van der Waals surface area (Å²) in [4.78, 5) is 13.7. The number of likely N-dealkylation sites (tertiary alicyclic amines) is 1. The molecule has 0 aliphatic carbocycles. The fraction of sp³-hybridized carbons (Fsp3) is 0.929. The maximum atomic E-state index is 11.9. The molecule has 1 unspecified atom stereocenters. The number of rotatable bonds is 7. The van der Waals surface area contributed by atoms with Gasteiger partial charge in [-0.05, 0) is 12.3 Å². The quantitative estimate of drug-likeness (QED) is 0.696. The fourth-order valence-corrected chi connectivity index (χ4v) is 2.42. The summed E-state index contributed by atoms with van der Waals surface area (Å²) >= 11 is 0. The van der Waals surface area contributed by atoms with Crippen molar-refractivity contribution in [1.82, 2.24) is 4.90 Å². The van der Waals surface area contributed by atoms with Gasteiger partial charge in [-0.15, -0.1) is 0 Å². The van der Waals surface area contributed by atoms with Crippen LogP contribution in [0.2, 0.25) is 0 Å². The van der Waals surface area contributed by atoms with Crippen LogP contribution in [0.4, 0.5) is 0 Å². The van der Waals surface area contributed by atoms with Gasteiger partial charge in [-0.2, -0.15) is 0 Å². The Kier molecular flexibility index (Phi) is 6.56. The largest absolute Gasteiger partial charge is 0.391 e. The van der Waals surface area contributed by atoms with E-state index in [1.807, 2.05) is 4.90 Å². The van der Waals surface area contributed by atoms with E-state index in [-0.39, 0.29) is 12.0 Å². The van der Waals surface area contributed by atoms with E-state index >= 15 is 0 Å². The molecule has 0 aromatic carbocycles. The van der Waals surface area contributed by atoms with Gasteiger partial charge >= 0.3 is 0 Å². The number of nitrogens with zero attached hydrogens (tertiary/aromatic N) is 1. The maximum absolute atomic E-state index is 11.9. The lowest BCUT2D eigenvalue weighted by Crippen LogP contribution is -2.30. The first-order chi connectivity index (χ1) is 8.13. The van der Waals surface area contributed by atoms with Gasteiger partial charge in [-0.3, -0.25) is 4.79 Å². The molecule has 0 bridgehead atoms. The lowest BCUT2D eigenvalue weighted by atomic mass is 9.99. The number of hydrogen-bond donors (Lipinski definition) is 1. The van der Waals surface area contributed by atoms with Crippen molar-refractivity contribution in [1.29, 1.82) is 0 Å². The molecule has 1 amide bonds. The number of hydrogen-bond acceptors (Lipinski definition) is 2. The zero-order valence-electron chi connectivity index (χ0n) is 11.3. The van der Waals surface area contributed by atoms with Gasteiger partial charge in [0.05, 0.1) is 6.10 Å². The van der Waals surface area contributed by atoms with Crippen LogP contribution in [0.1, 0.15) is 58.8 Å². The van der Waals surface area contributed by atoms with E-state index in [2.05, 4.69) is 13.8 Å². The molecular weight excluding hydrogens is 214 g/mol. The lowest BCUT2D eigenvalue weighted by molar-refractivity contribution is -0.131. The molecule has 0 aromatic rings. The van der Waals surface area contributed by atoms with Gasteiger partial charge in [-0.1, -0.05) is 46.0 Å². The minimum absolute atomic E-state index is 0.226. The summed E-state index contributed by atoms with van der Waals surface area (Å²) in [7, 11) is 0. The van der Waals surface area contributed by atoms with Crippen molar-refractivity contribution in [3.8, 4) is 0 Å². The van der Waals surface area contributed by atoms with Gasteiger partial charge in [0, 0.05) is 19.5 Å². The van der Waals surface area contributed by atoms with Gasteiger partial charge in [0.15, 0.2) is 0 Å². The number of aliphatic hydroxyl groups is 1. The first-order valence-electron chi connectivity index (χ1n) is 7.09. The predicted octanol–water partition coefficient (Wildman–Crippen LogP) is 2.58. The summed E-state index contributed by atoms with van der Waals surface area (Å²) in [5.41, 5.74) is 0. The van der Waals surface area contributed by atoms with Crippen molar-refractivity contribution in [2.75, 3.05) is 13.1 Å². The van der Waals surface area contributed by atoms with Gasteiger partial charge in [-0.25, -0.2) is 0 Å². The Bertz CT molecular complexity index is 230. The van der Waals surface area contributed by atoms with E-state index in [1.165, 1.54) is 25.7 Å². The highest BCUT2D eigenvalue weighted by atomic mass is 16.3. The molecule has 3 nitrogen and oxygen atoms in total. The smallest absolute Gasteiger partial charge is 0.222 e. The molecule has 2 atom stereocenters. The standard InChI is InChI=1S/C14H27NO2/c1-3-4-5-6-7-12(2)10-14(17)15-9-8-13(16)11-15/h12-13,16H,3-11H2,1-2H3/t12?,13-/m1/s1. The Morgan fingerprint density at radius 2 is 2.18 bits per heavy atom. The highest BCUT2D eigenvalue weighted by Gasteiger charge is 2.25. The Hall–Kier alpha value is -0.570. The van der Waals surface area contributed by atoms with Crippen molar-refractivity contribution >= 4 is 5.91 Å². The van der Waals surface area contributed by atoms with Crippen LogP contribution in [0.25, 0.3) is 0 Å². The minimum atomic E-state index is -0.293. The second-order valence-electron chi connectivity index (χ2n) is 5.44. The number of β-amino-alcohol motifs (C(OH)–C–C–N with tert-alkyl or cyclic N) is 1. The molecule has 1 saturated heterocycles. The van der Waals surface area contributed by atoms with E-state index in [1.54, 1.807) is 0 Å². The molecule has 1 rings (SSSR count). The molecule has 0 spiro atoms. The Balaban J connectivity index is 2.12. The van der Waals surface area contributed by atoms with Crippen LogP contribution >= 0.6 is 0 Å². The van der Waals surface area contributed by atoms with Crippen LogP contribution in [0.3, 0.4) is 0 Å². The molecule has 17 heavy (non-hydrogen) atoms. The molecular formula is C14H27NO2. The van der Waals surface area contributed by atoms with E-state index < -0.39 is 0 Å². The van der Waals surface area contributed by atoms with Gasteiger partial charge in [0.1, 0.15) is 0 Å². The topological polar surface area (TPSA) is 40.5 Å². The molecule has 1 N–H and O–H groups in total. The number of amides is 1. The molecule has 1 fully saturated rings. The lowest BCUT2D eigenvalue weighted by Gasteiger charge is -2.18. The second-order valence-corrected chi connectivity index (χ2v) is 5.44. The van der Waals surface area contributed by atoms with Gasteiger partial charge < -0.3 is 10.0 Å². The average molecular weight is 241 g/mol. The Morgan fingerprint density at radius 1 is 1.41 bits per heavy atom. The second kappa shape index (κ2) is 7.70. The summed E-state index contributed by atoms with van der Waals surface area (Å²) in [6, 6.07) is 0. The monoisotopic (exact) mass is 241 g/mol. The van der Waals surface area contributed by atoms with Crippen LogP contribution in [-0.4, -0.2) is 35.1 Å². The fourth-order valence-electron chi connectivity index (χ4n) is 2.42. The van der Waals surface area contributed by atoms with Crippen molar-refractivity contribution in [3.63, 3.8) is 0 Å². The molecule has 1 aliphatic heterocycles. The van der Waals surface area contributed by atoms with Crippen LogP contribution < -0.4 is 0 Å². The third-order valence-electron chi connectivity index (χ3n) is 3.59. The number of aliphatic hydroxyl groups excluding tert-OH is 1. The van der Waals surface area contributed by atoms with Crippen molar-refractivity contribution in [2.45, 2.75) is 64.9 Å². The number of carbonyl (C=O) groups excluding carboxylic acids is 1. The molecule has 1 aliphatic rings. The summed E-state index contributed by atoms with van der Waals surface area (Å²) in [5.74, 6) is 0.710. The predicted molar refractivity (Wildman–Crippen MR) is 69.7 cm³/mol. The average Bonchev–Trinajstić information content (AvgIpc) is 2.71. The van der Waals surface area contributed by atoms with Crippen LogP contribution in [-0.2, 0) is 4.79 Å². The third-order valence-corrected chi connectivity index (χ3v) is 3.59. The van der Waals surface area contributed by atoms with Crippen LogP contribution in [0.15, 0.2) is 0 Å². The molecule has 1 heterocycles. The molecule has 0 radical (unpaired) electrons. The minimum Gasteiger partial charge on any atom is -0.391 e. The van der Waals surface area contributed by atoms with Crippen molar-refractivity contribution in [3.05, 3.63) is 0 Å². The van der Waals surface area contributed by atoms with Crippen molar-refractivity contribution < 1.29 is 9.90 Å². The maximum Gasteiger partial charge on any atom is 0.222 e. The summed E-state index contributed by atoms with van der Waals surface area (Å²) < 4.78 is 0. The zero-order chi connectivity index (χ0) is 12.7. The van der Waals surface area contributed by atoms with E-state index in [4.69, 9.17) is 0 Å². The summed E-state index contributed by atoms with van der Waals surface area (Å²) in [5, 5.41) is 9.39. The highest BCUT2D eigenvalue weighted by Crippen LogP contribution is 2.17. The van der Waals surface area contributed by atoms with Crippen molar-refractivity contribution in [2.24, 2.45) is 5.92 Å². The van der Waals surface area contributed by atoms with E-state index in [0.717, 1.165) is 19.4 Å².